The van der Waals surface area contributed by atoms with E-state index in [4.69, 9.17) is 4.74 Å². The van der Waals surface area contributed by atoms with Gasteiger partial charge < -0.3 is 4.74 Å². The van der Waals surface area contributed by atoms with Crippen molar-refractivity contribution < 1.29 is 13.2 Å². The lowest BCUT2D eigenvalue weighted by Crippen LogP contribution is -2.12. The van der Waals surface area contributed by atoms with E-state index in [9.17, 15) is 8.42 Å². The van der Waals surface area contributed by atoms with Crippen LogP contribution in [-0.2, 0) is 10.0 Å². The second-order valence-electron chi connectivity index (χ2n) is 3.30. The average Bonchev–Trinajstić information content (AvgIpc) is 2.87. The van der Waals surface area contributed by atoms with E-state index < -0.39 is 10.0 Å². The normalized spacial score (nSPS) is 11.5. The molecule has 2 heterocycles. The number of aryl methyl sites for hydroxylation is 1. The molecule has 0 atom stereocenters. The molecule has 0 aliphatic rings. The van der Waals surface area contributed by atoms with Crippen LogP contribution in [0.15, 0.2) is 14.1 Å². The summed E-state index contributed by atoms with van der Waals surface area (Å²) in [6.07, 6.45) is 0. The van der Waals surface area contributed by atoms with Gasteiger partial charge in [-0.3, -0.25) is 0 Å². The number of nitrogens with zero attached hydrogens (tertiary/aromatic N) is 2. The molecule has 10 heteroatoms. The molecule has 0 unspecified atom stereocenters. The van der Waals surface area contributed by atoms with Crippen LogP contribution in [0, 0.1) is 6.92 Å². The first-order valence-electron chi connectivity index (χ1n) is 4.67. The first-order chi connectivity index (χ1) is 8.42. The Morgan fingerprint density at radius 1 is 1.56 bits per heavy atom. The summed E-state index contributed by atoms with van der Waals surface area (Å²) in [5.41, 5.74) is 0.857. The summed E-state index contributed by atoms with van der Waals surface area (Å²) in [5.74, 6) is 0.00836. The maximum Gasteiger partial charge on any atom is 0.336 e. The van der Waals surface area contributed by atoms with E-state index in [2.05, 4.69) is 35.8 Å². The fourth-order valence-electron chi connectivity index (χ4n) is 1.13. The molecule has 0 aliphatic carbocycles. The fraction of sp³-hybridized carbons (Fsp3) is 0.250. The number of sulfonamides is 1. The monoisotopic (exact) mass is 352 g/mol. The van der Waals surface area contributed by atoms with Crippen LogP contribution in [0.25, 0.3) is 0 Å². The first kappa shape index (κ1) is 13.3. The van der Waals surface area contributed by atoms with Gasteiger partial charge in [0.15, 0.2) is 0 Å². The van der Waals surface area contributed by atoms with Crippen LogP contribution in [0.3, 0.4) is 0 Å². The molecule has 0 aromatic carbocycles. The smallest absolute Gasteiger partial charge is 0.336 e. The highest BCUT2D eigenvalue weighted by Gasteiger charge is 2.20. The zero-order valence-electron chi connectivity index (χ0n) is 9.39. The minimum Gasteiger partial charge on any atom is -0.466 e. The lowest BCUT2D eigenvalue weighted by atomic mass is 10.4. The molecule has 98 valence electrons. The van der Waals surface area contributed by atoms with Gasteiger partial charge >= 0.3 is 6.01 Å². The van der Waals surface area contributed by atoms with E-state index in [1.54, 1.807) is 6.07 Å². The van der Waals surface area contributed by atoms with Crippen molar-refractivity contribution in [3.8, 4) is 6.01 Å². The van der Waals surface area contributed by atoms with Crippen molar-refractivity contribution in [1.82, 2.24) is 15.2 Å². The predicted octanol–water partition coefficient (Wildman–Crippen LogP) is 1.75. The van der Waals surface area contributed by atoms with Crippen molar-refractivity contribution in [2.24, 2.45) is 0 Å². The highest BCUT2D eigenvalue weighted by Crippen LogP contribution is 2.31. The van der Waals surface area contributed by atoms with Crippen LogP contribution in [0.4, 0.5) is 5.95 Å². The summed E-state index contributed by atoms with van der Waals surface area (Å²) in [4.78, 5) is 3.78. The van der Waals surface area contributed by atoms with Gasteiger partial charge in [-0.15, -0.1) is 16.4 Å². The number of aromatic nitrogens is 3. The molecular weight excluding hydrogens is 344 g/mol. The van der Waals surface area contributed by atoms with Crippen LogP contribution in [-0.4, -0.2) is 30.7 Å². The van der Waals surface area contributed by atoms with Gasteiger partial charge in [0.2, 0.25) is 5.95 Å². The predicted molar refractivity (Wildman–Crippen MR) is 70.5 cm³/mol. The summed E-state index contributed by atoms with van der Waals surface area (Å²) in [6.45, 7) is 1.82. The topological polar surface area (TPSA) is 97.0 Å². The number of nitrogens with one attached hydrogen (secondary N) is 2. The van der Waals surface area contributed by atoms with Crippen molar-refractivity contribution >= 4 is 43.2 Å². The molecule has 2 aromatic heterocycles. The molecule has 18 heavy (non-hydrogen) atoms. The molecular formula is C8H9BrN4O3S2. The zero-order chi connectivity index (χ0) is 13.3. The van der Waals surface area contributed by atoms with Gasteiger partial charge in [-0.25, -0.2) is 18.2 Å². The molecule has 2 rings (SSSR count). The number of hydrogen-bond donors (Lipinski definition) is 2. The summed E-state index contributed by atoms with van der Waals surface area (Å²) < 4.78 is 32.0. The van der Waals surface area contributed by atoms with Crippen LogP contribution in [0.1, 0.15) is 5.56 Å². The van der Waals surface area contributed by atoms with Gasteiger partial charge in [-0.1, -0.05) is 0 Å². The van der Waals surface area contributed by atoms with Gasteiger partial charge in [-0.2, -0.15) is 4.98 Å². The lowest BCUT2D eigenvalue weighted by molar-refractivity contribution is 0.382. The third-order valence-electron chi connectivity index (χ3n) is 1.98. The Morgan fingerprint density at radius 3 is 2.78 bits per heavy atom. The van der Waals surface area contributed by atoms with E-state index in [1.165, 1.54) is 7.11 Å². The maximum absolute atomic E-state index is 12.0. The number of thiophene rings is 1. The molecule has 0 saturated heterocycles. The average molecular weight is 353 g/mol. The van der Waals surface area contributed by atoms with E-state index in [0.29, 0.717) is 0 Å². The summed E-state index contributed by atoms with van der Waals surface area (Å²) in [6, 6.07) is 1.64. The largest absolute Gasteiger partial charge is 0.466 e. The quantitative estimate of drug-likeness (QED) is 0.873. The van der Waals surface area contributed by atoms with Crippen LogP contribution < -0.4 is 9.46 Å². The zero-order valence-corrected chi connectivity index (χ0v) is 12.6. The van der Waals surface area contributed by atoms with Gasteiger partial charge in [0, 0.05) is 0 Å². The fourth-order valence-corrected chi connectivity index (χ4v) is 4.31. The number of anilines is 1. The van der Waals surface area contributed by atoms with E-state index in [-0.39, 0.29) is 16.2 Å². The molecule has 0 aliphatic heterocycles. The molecule has 7 nitrogen and oxygen atoms in total. The molecule has 2 aromatic rings. The molecule has 2 N–H and O–H groups in total. The number of aromatic amines is 1. The molecule has 0 radical (unpaired) electrons. The molecule has 0 spiro atoms. The molecule has 0 saturated carbocycles. The molecule has 0 amide bonds. The highest BCUT2D eigenvalue weighted by atomic mass is 79.9. The van der Waals surface area contributed by atoms with E-state index in [1.807, 2.05) is 6.92 Å². The van der Waals surface area contributed by atoms with Gasteiger partial charge in [0.1, 0.15) is 4.21 Å². The van der Waals surface area contributed by atoms with Crippen molar-refractivity contribution in [2.75, 3.05) is 11.8 Å². The Labute approximate surface area is 116 Å². The third kappa shape index (κ3) is 2.65. The first-order valence-corrected chi connectivity index (χ1v) is 7.77. The summed E-state index contributed by atoms with van der Waals surface area (Å²) in [5, 5.41) is 6.06. The second-order valence-corrected chi connectivity index (χ2v) is 7.58. The minimum absolute atomic E-state index is 0.00836. The Morgan fingerprint density at radius 2 is 2.28 bits per heavy atom. The van der Waals surface area contributed by atoms with Gasteiger partial charge in [0.05, 0.1) is 10.9 Å². The van der Waals surface area contributed by atoms with E-state index >= 15 is 0 Å². The highest BCUT2D eigenvalue weighted by molar-refractivity contribution is 9.11. The Bertz CT molecular complexity index is 644. The maximum atomic E-state index is 12.0. The Kier molecular flexibility index (Phi) is 3.59. The van der Waals surface area contributed by atoms with Crippen molar-refractivity contribution in [1.29, 1.82) is 0 Å². The van der Waals surface area contributed by atoms with Crippen molar-refractivity contribution in [3.63, 3.8) is 0 Å². The van der Waals surface area contributed by atoms with Crippen LogP contribution in [0.5, 0.6) is 6.01 Å². The summed E-state index contributed by atoms with van der Waals surface area (Å²) >= 11 is 4.41. The number of methoxy groups -OCH3 is 1. The van der Waals surface area contributed by atoms with Crippen LogP contribution in [0.2, 0.25) is 0 Å². The van der Waals surface area contributed by atoms with Crippen molar-refractivity contribution in [3.05, 3.63) is 15.4 Å². The number of ether oxygens (including phenoxy) is 1. The van der Waals surface area contributed by atoms with Gasteiger partial charge in [0.25, 0.3) is 10.0 Å². The molecule has 0 fully saturated rings. The Balaban J connectivity index is 2.26. The lowest BCUT2D eigenvalue weighted by Gasteiger charge is -2.00. The summed E-state index contributed by atoms with van der Waals surface area (Å²) in [7, 11) is -2.27. The molecule has 0 bridgehead atoms. The number of H-pyrrole nitrogens is 1. The number of hydrogen-bond acceptors (Lipinski definition) is 6. The van der Waals surface area contributed by atoms with Crippen LogP contribution >= 0.6 is 27.3 Å². The van der Waals surface area contributed by atoms with Gasteiger partial charge in [-0.05, 0) is 34.5 Å². The standard InChI is InChI=1S/C8H9BrN4O3S2/c1-4-3-5(17-6(4)9)18(14,15)13-7-10-8(16-2)12-11-7/h3H,1-2H3,(H2,10,11,12,13). The SMILES string of the molecule is COc1n[nH]c(NS(=O)(=O)c2cc(C)c(Br)s2)n1. The minimum atomic E-state index is -3.66. The van der Waals surface area contributed by atoms with E-state index in [0.717, 1.165) is 20.7 Å². The second kappa shape index (κ2) is 4.86. The number of rotatable bonds is 4. The van der Waals surface area contributed by atoms with Crippen molar-refractivity contribution in [2.45, 2.75) is 11.1 Å². The Hall–Kier alpha value is -1.13. The number of halogens is 1. The third-order valence-corrected chi connectivity index (χ3v) is 5.93.